The molecule has 2 aromatic rings. The molecule has 0 saturated heterocycles. The van der Waals surface area contributed by atoms with Crippen LogP contribution in [0.4, 0.5) is 22.0 Å². The lowest BCUT2D eigenvalue weighted by molar-refractivity contribution is -0.151. The van der Waals surface area contributed by atoms with Crippen LogP contribution < -0.4 is 0 Å². The topological polar surface area (TPSA) is 61.2 Å². The molecule has 5 nitrogen and oxygen atoms in total. The Bertz CT molecular complexity index is 922. The number of ketones is 1. The van der Waals surface area contributed by atoms with Gasteiger partial charge in [-0.1, -0.05) is 25.1 Å². The third-order valence-electron chi connectivity index (χ3n) is 4.66. The highest BCUT2D eigenvalue weighted by molar-refractivity contribution is 5.89. The number of nitrogens with zero attached hydrogens (tertiary/aromatic N) is 2. The van der Waals surface area contributed by atoms with Crippen LogP contribution in [0.3, 0.4) is 0 Å². The number of hydrogen-bond donors (Lipinski definition) is 0. The highest BCUT2D eigenvalue weighted by atomic mass is 19.4. The molecule has 156 valence electrons. The van der Waals surface area contributed by atoms with Gasteiger partial charge >= 0.3 is 12.1 Å². The SMILES string of the molecule is CCC(=O)Cn1nc(C(F)(F)F)c2c1CCC(F)(F)[C@H]2OC(=O)c1ccccc1. The van der Waals surface area contributed by atoms with Gasteiger partial charge in [-0.2, -0.15) is 18.3 Å². The number of benzene rings is 1. The highest BCUT2D eigenvalue weighted by Gasteiger charge is 2.54. The van der Waals surface area contributed by atoms with Crippen LogP contribution >= 0.6 is 0 Å². The number of carbonyl (C=O) groups is 2. The molecular weight excluding hydrogens is 399 g/mol. The summed E-state index contributed by atoms with van der Waals surface area (Å²) < 4.78 is 75.5. The number of fused-ring (bicyclic) bond motifs is 1. The number of Topliss-reactive ketones (excluding diaryl/α,β-unsaturated/α-hetero) is 1. The monoisotopic (exact) mass is 416 g/mol. The molecule has 1 aromatic carbocycles. The number of alkyl halides is 5. The molecule has 1 atom stereocenters. The van der Waals surface area contributed by atoms with E-state index in [9.17, 15) is 31.5 Å². The molecule has 0 N–H and O–H groups in total. The molecule has 0 radical (unpaired) electrons. The fourth-order valence-electron chi connectivity index (χ4n) is 3.19. The summed E-state index contributed by atoms with van der Waals surface area (Å²) >= 11 is 0. The average molecular weight is 416 g/mol. The molecule has 0 spiro atoms. The van der Waals surface area contributed by atoms with Gasteiger partial charge in [0.15, 0.2) is 17.6 Å². The zero-order valence-corrected chi connectivity index (χ0v) is 15.3. The minimum Gasteiger partial charge on any atom is -0.447 e. The Morgan fingerprint density at radius 3 is 2.48 bits per heavy atom. The first-order valence-corrected chi connectivity index (χ1v) is 8.87. The van der Waals surface area contributed by atoms with Crippen LogP contribution in [0.5, 0.6) is 0 Å². The van der Waals surface area contributed by atoms with Gasteiger partial charge in [0.05, 0.1) is 17.7 Å². The lowest BCUT2D eigenvalue weighted by Crippen LogP contribution is -2.36. The van der Waals surface area contributed by atoms with Crippen molar-refractivity contribution in [2.75, 3.05) is 0 Å². The van der Waals surface area contributed by atoms with Gasteiger partial charge in [0.2, 0.25) is 0 Å². The van der Waals surface area contributed by atoms with Crippen molar-refractivity contribution in [3.63, 3.8) is 0 Å². The van der Waals surface area contributed by atoms with Gasteiger partial charge in [-0.05, 0) is 18.6 Å². The van der Waals surface area contributed by atoms with Gasteiger partial charge in [0, 0.05) is 18.5 Å². The smallest absolute Gasteiger partial charge is 0.435 e. The van der Waals surface area contributed by atoms with Crippen molar-refractivity contribution in [3.05, 3.63) is 52.8 Å². The fourth-order valence-corrected chi connectivity index (χ4v) is 3.19. The maximum atomic E-state index is 14.6. The molecule has 10 heteroatoms. The Kier molecular flexibility index (Phi) is 5.46. The maximum Gasteiger partial charge on any atom is 0.435 e. The Balaban J connectivity index is 2.08. The van der Waals surface area contributed by atoms with Crippen LogP contribution in [0.1, 0.15) is 53.2 Å². The van der Waals surface area contributed by atoms with E-state index in [4.69, 9.17) is 4.74 Å². The summed E-state index contributed by atoms with van der Waals surface area (Å²) in [5.74, 6) is -5.30. The summed E-state index contributed by atoms with van der Waals surface area (Å²) in [6, 6.07) is 7.13. The number of halogens is 5. The lowest BCUT2D eigenvalue weighted by atomic mass is 9.89. The molecule has 0 unspecified atom stereocenters. The molecule has 1 heterocycles. The van der Waals surface area contributed by atoms with E-state index in [0.717, 1.165) is 4.68 Å². The van der Waals surface area contributed by atoms with Crippen LogP contribution in [0.2, 0.25) is 0 Å². The number of esters is 1. The molecule has 0 aliphatic heterocycles. The fraction of sp³-hybridized carbons (Fsp3) is 0.421. The summed E-state index contributed by atoms with van der Waals surface area (Å²) in [5, 5.41) is 3.39. The summed E-state index contributed by atoms with van der Waals surface area (Å²) in [7, 11) is 0. The molecule has 1 aliphatic carbocycles. The van der Waals surface area contributed by atoms with Crippen LogP contribution in [0.25, 0.3) is 0 Å². The molecule has 0 saturated carbocycles. The Hall–Kier alpha value is -2.78. The van der Waals surface area contributed by atoms with E-state index < -0.39 is 60.6 Å². The van der Waals surface area contributed by atoms with E-state index in [1.54, 1.807) is 6.07 Å². The van der Waals surface area contributed by atoms with Crippen molar-refractivity contribution in [1.29, 1.82) is 0 Å². The first-order valence-electron chi connectivity index (χ1n) is 8.87. The second kappa shape index (κ2) is 7.57. The predicted octanol–water partition coefficient (Wildman–Crippen LogP) is 4.36. The van der Waals surface area contributed by atoms with Gasteiger partial charge in [-0.3, -0.25) is 9.48 Å². The molecule has 0 bridgehead atoms. The predicted molar refractivity (Wildman–Crippen MR) is 90.4 cm³/mol. The van der Waals surface area contributed by atoms with Crippen molar-refractivity contribution in [3.8, 4) is 0 Å². The number of rotatable bonds is 5. The van der Waals surface area contributed by atoms with E-state index in [-0.39, 0.29) is 17.7 Å². The van der Waals surface area contributed by atoms with Gasteiger partial charge in [0.1, 0.15) is 0 Å². The van der Waals surface area contributed by atoms with Crippen molar-refractivity contribution in [1.82, 2.24) is 9.78 Å². The quantitative estimate of drug-likeness (QED) is 0.537. The zero-order valence-electron chi connectivity index (χ0n) is 15.3. The van der Waals surface area contributed by atoms with Crippen molar-refractivity contribution >= 4 is 11.8 Å². The molecule has 0 amide bonds. The number of aromatic nitrogens is 2. The van der Waals surface area contributed by atoms with E-state index in [1.165, 1.54) is 31.2 Å². The molecule has 29 heavy (non-hydrogen) atoms. The molecule has 1 aromatic heterocycles. The summed E-state index contributed by atoms with van der Waals surface area (Å²) in [6.45, 7) is 1.06. The van der Waals surface area contributed by atoms with E-state index in [1.807, 2.05) is 0 Å². The van der Waals surface area contributed by atoms with Crippen molar-refractivity contribution < 1.29 is 36.3 Å². The van der Waals surface area contributed by atoms with Gasteiger partial charge in [-0.25, -0.2) is 13.6 Å². The molecule has 3 rings (SSSR count). The van der Waals surface area contributed by atoms with E-state index in [0.29, 0.717) is 0 Å². The van der Waals surface area contributed by atoms with Crippen LogP contribution in [0, 0.1) is 0 Å². The number of ether oxygens (including phenoxy) is 1. The maximum absolute atomic E-state index is 14.6. The Morgan fingerprint density at radius 1 is 1.24 bits per heavy atom. The van der Waals surface area contributed by atoms with Crippen LogP contribution in [-0.2, 0) is 28.7 Å². The highest BCUT2D eigenvalue weighted by Crippen LogP contribution is 2.48. The number of carbonyl (C=O) groups excluding carboxylic acids is 2. The summed E-state index contributed by atoms with van der Waals surface area (Å²) in [6.07, 6.45) is -8.73. The third-order valence-corrected chi connectivity index (χ3v) is 4.66. The second-order valence-electron chi connectivity index (χ2n) is 6.67. The normalized spacial score (nSPS) is 18.2. The molecular formula is C19H17F5N2O3. The van der Waals surface area contributed by atoms with Gasteiger partial charge in [0.25, 0.3) is 5.92 Å². The van der Waals surface area contributed by atoms with Gasteiger partial charge in [-0.15, -0.1) is 0 Å². The van der Waals surface area contributed by atoms with E-state index in [2.05, 4.69) is 5.10 Å². The largest absolute Gasteiger partial charge is 0.447 e. The summed E-state index contributed by atoms with van der Waals surface area (Å²) in [5.41, 5.74) is -2.70. The Morgan fingerprint density at radius 2 is 1.90 bits per heavy atom. The van der Waals surface area contributed by atoms with Crippen LogP contribution in [0.15, 0.2) is 30.3 Å². The first kappa shape index (κ1) is 20.9. The van der Waals surface area contributed by atoms with Crippen molar-refractivity contribution in [2.24, 2.45) is 0 Å². The van der Waals surface area contributed by atoms with Crippen LogP contribution in [-0.4, -0.2) is 27.5 Å². The molecule has 0 fully saturated rings. The minimum absolute atomic E-state index is 0.0541. The second-order valence-corrected chi connectivity index (χ2v) is 6.67. The molecule has 1 aliphatic rings. The average Bonchev–Trinajstić information content (AvgIpc) is 3.03. The Labute approximate surface area is 162 Å². The lowest BCUT2D eigenvalue weighted by Gasteiger charge is -2.32. The van der Waals surface area contributed by atoms with Crippen molar-refractivity contribution in [2.45, 2.75) is 50.9 Å². The standard InChI is InChI=1S/C19H17F5N2O3/c1-2-12(27)10-26-13-8-9-18(20,21)16(14(13)15(25-26)19(22,23)24)29-17(28)11-6-4-3-5-7-11/h3-7,16H,2,8-10H2,1H3/t16-/m0/s1. The van der Waals surface area contributed by atoms with E-state index >= 15 is 0 Å². The minimum atomic E-state index is -5.06. The number of hydrogen-bond acceptors (Lipinski definition) is 4. The zero-order chi connectivity index (χ0) is 21.4. The summed E-state index contributed by atoms with van der Waals surface area (Å²) in [4.78, 5) is 24.0. The van der Waals surface area contributed by atoms with Gasteiger partial charge < -0.3 is 4.74 Å². The first-order chi connectivity index (χ1) is 13.5. The third kappa shape index (κ3) is 4.15.